The van der Waals surface area contributed by atoms with Gasteiger partial charge in [0.15, 0.2) is 5.82 Å². The summed E-state index contributed by atoms with van der Waals surface area (Å²) in [7, 11) is 0. The predicted molar refractivity (Wildman–Crippen MR) is 124 cm³/mol. The molecule has 5 rings (SSSR count). The number of hydrogen-bond acceptors (Lipinski definition) is 10. The highest BCUT2D eigenvalue weighted by Gasteiger charge is 2.31. The molecule has 0 saturated carbocycles. The average Bonchev–Trinajstić information content (AvgIpc) is 3.30. The van der Waals surface area contributed by atoms with Crippen LogP contribution in [0, 0.1) is 5.53 Å². The van der Waals surface area contributed by atoms with Crippen LogP contribution < -0.4 is 19.9 Å². The second kappa shape index (κ2) is 9.61. The minimum atomic E-state index is 0.455. The molecule has 168 valence electrons. The second-order valence-electron chi connectivity index (χ2n) is 7.55. The lowest BCUT2D eigenvalue weighted by atomic mass is 10.2. The Labute approximate surface area is 191 Å². The standard InChI is InChI=1S/C23H24N8O2/c24-29-20(16-26-17-5-2-1-3-6-17)31-10-8-19-21(31)27-23(30-11-13-32-14-12-30)28-22(19)33-18-7-4-9-25-15-18/h1-7,9,15-16,24,26H,8,10-14H2/b20-16+,29-24?. The molecule has 2 aromatic heterocycles. The summed E-state index contributed by atoms with van der Waals surface area (Å²) in [6, 6.07) is 13.4. The molecule has 4 heterocycles. The first-order valence-electron chi connectivity index (χ1n) is 10.8. The number of benzene rings is 1. The zero-order chi connectivity index (χ0) is 22.5. The first-order chi connectivity index (χ1) is 16.3. The molecule has 0 unspecified atom stereocenters. The molecule has 2 N–H and O–H groups in total. The van der Waals surface area contributed by atoms with Crippen LogP contribution in [0.3, 0.4) is 0 Å². The smallest absolute Gasteiger partial charge is 0.230 e. The Morgan fingerprint density at radius 3 is 2.70 bits per heavy atom. The first-order valence-corrected chi connectivity index (χ1v) is 10.8. The largest absolute Gasteiger partial charge is 0.437 e. The van der Waals surface area contributed by atoms with Gasteiger partial charge in [0, 0.05) is 37.7 Å². The lowest BCUT2D eigenvalue weighted by Crippen LogP contribution is -2.37. The third kappa shape index (κ3) is 4.60. The van der Waals surface area contributed by atoms with Crippen LogP contribution >= 0.6 is 0 Å². The van der Waals surface area contributed by atoms with Crippen LogP contribution in [-0.4, -0.2) is 47.8 Å². The summed E-state index contributed by atoms with van der Waals surface area (Å²) < 4.78 is 11.6. The summed E-state index contributed by atoms with van der Waals surface area (Å²) in [5, 5.41) is 6.98. The number of morpholine rings is 1. The molecule has 2 aliphatic rings. The Morgan fingerprint density at radius 1 is 1.09 bits per heavy atom. The van der Waals surface area contributed by atoms with Crippen molar-refractivity contribution in [2.45, 2.75) is 6.42 Å². The number of ether oxygens (including phenoxy) is 2. The molecule has 10 heteroatoms. The average molecular weight is 444 g/mol. The quantitative estimate of drug-likeness (QED) is 0.529. The zero-order valence-electron chi connectivity index (χ0n) is 18.0. The number of rotatable bonds is 7. The van der Waals surface area contributed by atoms with Crippen molar-refractivity contribution in [3.05, 3.63) is 72.4 Å². The lowest BCUT2D eigenvalue weighted by molar-refractivity contribution is 0.122. The van der Waals surface area contributed by atoms with E-state index in [4.69, 9.17) is 25.0 Å². The van der Waals surface area contributed by atoms with Crippen molar-refractivity contribution < 1.29 is 9.47 Å². The van der Waals surface area contributed by atoms with Crippen LogP contribution in [0.1, 0.15) is 5.56 Å². The van der Waals surface area contributed by atoms with Gasteiger partial charge >= 0.3 is 0 Å². The molecule has 0 amide bonds. The summed E-state index contributed by atoms with van der Waals surface area (Å²) in [6.45, 7) is 3.26. The molecule has 3 aromatic rings. The molecule has 2 aliphatic heterocycles. The normalized spacial score (nSPS) is 15.8. The van der Waals surface area contributed by atoms with Gasteiger partial charge in [-0.1, -0.05) is 18.2 Å². The first kappa shape index (κ1) is 20.8. The fraction of sp³-hybridized carbons (Fsp3) is 0.261. The van der Waals surface area contributed by atoms with E-state index in [1.54, 1.807) is 18.6 Å². The summed E-state index contributed by atoms with van der Waals surface area (Å²) in [6.07, 6.45) is 5.75. The Bertz CT molecular complexity index is 1130. The van der Waals surface area contributed by atoms with Crippen LogP contribution in [0.2, 0.25) is 0 Å². The minimum Gasteiger partial charge on any atom is -0.437 e. The Balaban J connectivity index is 1.50. The van der Waals surface area contributed by atoms with Crippen molar-refractivity contribution in [2.24, 2.45) is 5.11 Å². The Kier molecular flexibility index (Phi) is 6.07. The zero-order valence-corrected chi connectivity index (χ0v) is 18.0. The molecule has 0 bridgehead atoms. The Morgan fingerprint density at radius 2 is 1.94 bits per heavy atom. The summed E-state index contributed by atoms with van der Waals surface area (Å²) in [4.78, 5) is 17.7. The van der Waals surface area contributed by atoms with Gasteiger partial charge in [-0.25, -0.2) is 5.53 Å². The predicted octanol–water partition coefficient (Wildman–Crippen LogP) is 3.80. The SMILES string of the molecule is N=N/C(=C\Nc1ccccc1)N1CCc2c(Oc3cccnc3)nc(N3CCOCC3)nc21. The van der Waals surface area contributed by atoms with Crippen molar-refractivity contribution in [1.82, 2.24) is 15.0 Å². The van der Waals surface area contributed by atoms with Gasteiger partial charge in [-0.15, -0.1) is 5.11 Å². The van der Waals surface area contributed by atoms with Gasteiger partial charge in [-0.3, -0.25) is 4.98 Å². The van der Waals surface area contributed by atoms with Crippen LogP contribution in [0.5, 0.6) is 11.6 Å². The molecule has 0 radical (unpaired) electrons. The van der Waals surface area contributed by atoms with Crippen molar-refractivity contribution in [3.8, 4) is 11.6 Å². The number of hydrogen-bond donors (Lipinski definition) is 2. The van der Waals surface area contributed by atoms with E-state index in [0.29, 0.717) is 68.5 Å². The highest BCUT2D eigenvalue weighted by molar-refractivity contribution is 5.63. The molecule has 0 atom stereocenters. The van der Waals surface area contributed by atoms with E-state index in [1.807, 2.05) is 47.4 Å². The number of para-hydroxylation sites is 1. The third-order valence-corrected chi connectivity index (χ3v) is 5.45. The maximum absolute atomic E-state index is 7.78. The molecule has 10 nitrogen and oxygen atoms in total. The molecule has 33 heavy (non-hydrogen) atoms. The Hall–Kier alpha value is -4.05. The van der Waals surface area contributed by atoms with Crippen LogP contribution in [0.4, 0.5) is 17.5 Å². The molecule has 0 spiro atoms. The van der Waals surface area contributed by atoms with Crippen molar-refractivity contribution in [1.29, 1.82) is 5.53 Å². The van der Waals surface area contributed by atoms with E-state index in [1.165, 1.54) is 0 Å². The molecule has 1 fully saturated rings. The van der Waals surface area contributed by atoms with Gasteiger partial charge in [-0.05, 0) is 30.7 Å². The number of nitrogens with zero attached hydrogens (tertiary/aromatic N) is 6. The number of aromatic nitrogens is 3. The number of pyridine rings is 1. The van der Waals surface area contributed by atoms with Crippen LogP contribution in [0.25, 0.3) is 0 Å². The number of fused-ring (bicyclic) bond motifs is 1. The highest BCUT2D eigenvalue weighted by atomic mass is 16.5. The molecule has 1 saturated heterocycles. The van der Waals surface area contributed by atoms with Gasteiger partial charge in [-0.2, -0.15) is 9.97 Å². The van der Waals surface area contributed by atoms with E-state index in [0.717, 1.165) is 11.3 Å². The number of anilines is 3. The highest BCUT2D eigenvalue weighted by Crippen LogP contribution is 2.38. The lowest BCUT2D eigenvalue weighted by Gasteiger charge is -2.28. The summed E-state index contributed by atoms with van der Waals surface area (Å²) in [5.41, 5.74) is 9.57. The van der Waals surface area contributed by atoms with Crippen LogP contribution in [-0.2, 0) is 11.2 Å². The van der Waals surface area contributed by atoms with Crippen molar-refractivity contribution >= 4 is 17.5 Å². The maximum Gasteiger partial charge on any atom is 0.230 e. The minimum absolute atomic E-state index is 0.455. The van der Waals surface area contributed by atoms with Gasteiger partial charge in [0.2, 0.25) is 11.8 Å². The third-order valence-electron chi connectivity index (χ3n) is 5.45. The van der Waals surface area contributed by atoms with Gasteiger partial charge in [0.05, 0.1) is 25.0 Å². The van der Waals surface area contributed by atoms with Gasteiger partial charge < -0.3 is 24.6 Å². The van der Waals surface area contributed by atoms with E-state index >= 15 is 0 Å². The monoisotopic (exact) mass is 444 g/mol. The fourth-order valence-corrected chi connectivity index (χ4v) is 3.80. The van der Waals surface area contributed by atoms with E-state index in [9.17, 15) is 0 Å². The number of nitrogens with one attached hydrogen (secondary N) is 2. The molecular weight excluding hydrogens is 420 g/mol. The van der Waals surface area contributed by atoms with Crippen molar-refractivity contribution in [2.75, 3.05) is 48.0 Å². The maximum atomic E-state index is 7.78. The van der Waals surface area contributed by atoms with Gasteiger partial charge in [0.25, 0.3) is 0 Å². The summed E-state index contributed by atoms with van der Waals surface area (Å²) >= 11 is 0. The van der Waals surface area contributed by atoms with Gasteiger partial charge in [0.1, 0.15) is 11.6 Å². The van der Waals surface area contributed by atoms with Crippen molar-refractivity contribution in [3.63, 3.8) is 0 Å². The fourth-order valence-electron chi connectivity index (χ4n) is 3.80. The van der Waals surface area contributed by atoms with Crippen LogP contribution in [0.15, 0.2) is 72.0 Å². The summed E-state index contributed by atoms with van der Waals surface area (Å²) in [5.74, 6) is 2.83. The van der Waals surface area contributed by atoms with E-state index in [-0.39, 0.29) is 0 Å². The molecular formula is C23H24N8O2. The second-order valence-corrected chi connectivity index (χ2v) is 7.55. The topological polar surface area (TPSA) is 112 Å². The van der Waals surface area contributed by atoms with E-state index in [2.05, 4.69) is 20.3 Å². The van der Waals surface area contributed by atoms with E-state index < -0.39 is 0 Å². The molecule has 0 aliphatic carbocycles. The molecule has 1 aromatic carbocycles.